The highest BCUT2D eigenvalue weighted by Crippen LogP contribution is 2.20. The molecule has 0 aliphatic carbocycles. The average Bonchev–Trinajstić information content (AvgIpc) is 3.62. The van der Waals surface area contributed by atoms with Gasteiger partial charge in [0.25, 0.3) is 17.7 Å². The number of aromatic nitrogens is 2. The monoisotopic (exact) mass is 626 g/mol. The summed E-state index contributed by atoms with van der Waals surface area (Å²) in [7, 11) is 5.04. The molecule has 3 heterocycles. The third kappa shape index (κ3) is 8.00. The van der Waals surface area contributed by atoms with E-state index in [-0.39, 0.29) is 17.7 Å². The Morgan fingerprint density at radius 2 is 1.48 bits per heavy atom. The topological polar surface area (TPSA) is 157 Å². The summed E-state index contributed by atoms with van der Waals surface area (Å²) in [5.41, 5.74) is 9.57. The fourth-order valence-electron chi connectivity index (χ4n) is 5.03. The van der Waals surface area contributed by atoms with Gasteiger partial charge in [-0.25, -0.2) is 4.99 Å². The molecule has 5 N–H and O–H groups in total. The molecule has 3 amide bonds. The number of nitrogens with one attached hydrogen (secondary N) is 3. The molecular weight excluding hydrogens is 588 g/mol. The van der Waals surface area contributed by atoms with Gasteiger partial charge in [-0.3, -0.25) is 19.3 Å². The number of benzene rings is 2. The highest BCUT2D eigenvalue weighted by atomic mass is 16.5. The van der Waals surface area contributed by atoms with Crippen LogP contribution in [0.4, 0.5) is 17.1 Å². The van der Waals surface area contributed by atoms with Crippen molar-refractivity contribution in [1.82, 2.24) is 19.4 Å². The van der Waals surface area contributed by atoms with E-state index in [0.717, 1.165) is 25.2 Å². The molecule has 0 spiro atoms. The van der Waals surface area contributed by atoms with Crippen molar-refractivity contribution in [2.75, 3.05) is 57.1 Å². The Morgan fingerprint density at radius 1 is 0.848 bits per heavy atom. The van der Waals surface area contributed by atoms with Crippen molar-refractivity contribution in [3.8, 4) is 5.75 Å². The maximum Gasteiger partial charge on any atom is 0.272 e. The highest BCUT2D eigenvalue weighted by Gasteiger charge is 2.18. The second-order valence-electron chi connectivity index (χ2n) is 10.8. The van der Waals surface area contributed by atoms with Gasteiger partial charge in [-0.05, 0) is 48.5 Å². The smallest absolute Gasteiger partial charge is 0.272 e. The minimum absolute atomic E-state index is 0.222. The number of aliphatic imine (C=N–C) groups is 1. The van der Waals surface area contributed by atoms with Crippen molar-refractivity contribution in [3.05, 3.63) is 95.6 Å². The number of amidine groups is 1. The summed E-state index contributed by atoms with van der Waals surface area (Å²) < 4.78 is 13.9. The van der Waals surface area contributed by atoms with Crippen LogP contribution in [0.1, 0.15) is 36.9 Å². The van der Waals surface area contributed by atoms with Gasteiger partial charge in [0.05, 0.1) is 37.4 Å². The van der Waals surface area contributed by atoms with Gasteiger partial charge in [-0.15, -0.1) is 0 Å². The minimum Gasteiger partial charge on any atom is -0.497 e. The summed E-state index contributed by atoms with van der Waals surface area (Å²) in [6, 6.07) is 17.2. The lowest BCUT2D eigenvalue weighted by molar-refractivity contribution is 0.0383. The van der Waals surface area contributed by atoms with Gasteiger partial charge >= 0.3 is 0 Å². The number of rotatable bonds is 11. The number of ether oxygens (including phenoxy) is 2. The first-order valence-electron chi connectivity index (χ1n) is 14.8. The van der Waals surface area contributed by atoms with E-state index in [1.54, 1.807) is 85.2 Å². The molecule has 0 saturated carbocycles. The quantitative estimate of drug-likeness (QED) is 0.147. The van der Waals surface area contributed by atoms with Crippen molar-refractivity contribution in [2.24, 2.45) is 24.8 Å². The molecule has 1 aliphatic heterocycles. The van der Waals surface area contributed by atoms with Gasteiger partial charge in [0, 0.05) is 63.8 Å². The van der Waals surface area contributed by atoms with Crippen LogP contribution in [0, 0.1) is 0 Å². The second kappa shape index (κ2) is 14.6. The van der Waals surface area contributed by atoms with Gasteiger partial charge in [-0.1, -0.05) is 12.1 Å². The molecule has 13 heteroatoms. The van der Waals surface area contributed by atoms with E-state index in [9.17, 15) is 14.4 Å². The van der Waals surface area contributed by atoms with E-state index in [0.29, 0.717) is 65.4 Å². The van der Waals surface area contributed by atoms with Gasteiger partial charge in [-0.2, -0.15) is 0 Å². The summed E-state index contributed by atoms with van der Waals surface area (Å²) in [5.74, 6) is 0.0412. The van der Waals surface area contributed by atoms with Crippen LogP contribution in [0.5, 0.6) is 5.75 Å². The van der Waals surface area contributed by atoms with Crippen molar-refractivity contribution in [1.29, 1.82) is 0 Å². The molecule has 1 fully saturated rings. The van der Waals surface area contributed by atoms with E-state index >= 15 is 0 Å². The summed E-state index contributed by atoms with van der Waals surface area (Å²) in [4.78, 5) is 45.5. The molecule has 1 saturated heterocycles. The maximum atomic E-state index is 13.1. The average molecular weight is 627 g/mol. The van der Waals surface area contributed by atoms with Crippen LogP contribution in [0.25, 0.3) is 0 Å². The Morgan fingerprint density at radius 3 is 2.13 bits per heavy atom. The Labute approximate surface area is 267 Å². The zero-order valence-corrected chi connectivity index (χ0v) is 26.1. The molecule has 0 unspecified atom stereocenters. The first-order chi connectivity index (χ1) is 22.2. The van der Waals surface area contributed by atoms with Crippen molar-refractivity contribution in [3.63, 3.8) is 0 Å². The molecule has 2 aromatic heterocycles. The van der Waals surface area contributed by atoms with E-state index < -0.39 is 0 Å². The Hall–Kier alpha value is -5.40. The minimum atomic E-state index is -0.385. The van der Waals surface area contributed by atoms with Gasteiger partial charge in [0.15, 0.2) is 0 Å². The van der Waals surface area contributed by atoms with Crippen LogP contribution in [0.2, 0.25) is 0 Å². The van der Waals surface area contributed by atoms with Crippen molar-refractivity contribution in [2.45, 2.75) is 0 Å². The molecule has 46 heavy (non-hydrogen) atoms. The van der Waals surface area contributed by atoms with Crippen LogP contribution in [-0.2, 0) is 18.8 Å². The SMILES string of the molecule is COc1cccc(C(N)=Nc2ccc(C(=O)Nc3cc(C(=O)Nc4cc(C(=O)NCCN5CCOCC5)n(C)c4)n(C)c3)cc2)c1. The van der Waals surface area contributed by atoms with Crippen LogP contribution in [0.3, 0.4) is 0 Å². The number of carbonyl (C=O) groups excluding carboxylic acids is 3. The summed E-state index contributed by atoms with van der Waals surface area (Å²) >= 11 is 0. The number of nitrogens with two attached hydrogens (primary N) is 1. The number of morpholine rings is 1. The first-order valence-corrected chi connectivity index (χ1v) is 14.8. The molecule has 0 atom stereocenters. The highest BCUT2D eigenvalue weighted by molar-refractivity contribution is 6.07. The lowest BCUT2D eigenvalue weighted by Crippen LogP contribution is -2.41. The molecule has 0 bridgehead atoms. The number of carbonyl (C=O) groups is 3. The van der Waals surface area contributed by atoms with Crippen LogP contribution in [0.15, 0.2) is 78.0 Å². The Bertz CT molecular complexity index is 1730. The predicted molar refractivity (Wildman–Crippen MR) is 176 cm³/mol. The summed E-state index contributed by atoms with van der Waals surface area (Å²) in [5, 5.41) is 8.60. The van der Waals surface area contributed by atoms with Crippen LogP contribution < -0.4 is 26.4 Å². The fourth-order valence-corrected chi connectivity index (χ4v) is 5.03. The molecule has 0 radical (unpaired) electrons. The molecule has 5 rings (SSSR count). The van der Waals surface area contributed by atoms with Crippen molar-refractivity contribution < 1.29 is 23.9 Å². The van der Waals surface area contributed by atoms with E-state index in [1.807, 2.05) is 18.2 Å². The van der Waals surface area contributed by atoms with Gasteiger partial charge < -0.3 is 40.3 Å². The third-order valence-corrected chi connectivity index (χ3v) is 7.55. The van der Waals surface area contributed by atoms with Crippen molar-refractivity contribution >= 4 is 40.6 Å². The Balaban J connectivity index is 1.16. The normalized spacial score (nSPS) is 13.7. The summed E-state index contributed by atoms with van der Waals surface area (Å²) in [6.45, 7) is 4.38. The largest absolute Gasteiger partial charge is 0.497 e. The lowest BCUT2D eigenvalue weighted by Gasteiger charge is -2.26. The number of anilines is 2. The van der Waals surface area contributed by atoms with Crippen LogP contribution >= 0.6 is 0 Å². The number of methoxy groups -OCH3 is 1. The maximum absolute atomic E-state index is 13.1. The number of hydrogen-bond donors (Lipinski definition) is 4. The molecule has 4 aromatic rings. The van der Waals surface area contributed by atoms with E-state index in [1.165, 1.54) is 0 Å². The second-order valence-corrected chi connectivity index (χ2v) is 10.8. The number of amides is 3. The fraction of sp³-hybridized carbons (Fsp3) is 0.273. The summed E-state index contributed by atoms with van der Waals surface area (Å²) in [6.07, 6.45) is 3.33. The molecule has 1 aliphatic rings. The number of hydrogen-bond acceptors (Lipinski definition) is 7. The zero-order valence-electron chi connectivity index (χ0n) is 26.1. The lowest BCUT2D eigenvalue weighted by atomic mass is 10.1. The number of nitrogens with zero attached hydrogens (tertiary/aromatic N) is 4. The standard InChI is InChI=1S/C33H38N8O5/c1-39-21-26(18-28(39)32(43)35-11-12-41-13-15-46-16-14-41)38-33(44)29-19-25(20-40(29)2)37-31(42)22-7-9-24(10-8-22)36-30(34)23-5-4-6-27(17-23)45-3/h4-10,17-21H,11-16H2,1-3H3,(H2,34,36)(H,35,43)(H,37,42)(H,38,44). The van der Waals surface area contributed by atoms with Crippen LogP contribution in [-0.4, -0.2) is 84.1 Å². The molecule has 240 valence electrons. The van der Waals surface area contributed by atoms with E-state index in [2.05, 4.69) is 25.8 Å². The molecule has 13 nitrogen and oxygen atoms in total. The predicted octanol–water partition coefficient (Wildman–Crippen LogP) is 2.98. The first kappa shape index (κ1) is 32.0. The number of aryl methyl sites for hydroxylation is 2. The van der Waals surface area contributed by atoms with E-state index in [4.69, 9.17) is 15.2 Å². The third-order valence-electron chi connectivity index (χ3n) is 7.55. The molecule has 2 aromatic carbocycles. The molecular formula is C33H38N8O5. The van der Waals surface area contributed by atoms with Gasteiger partial charge in [0.1, 0.15) is 23.0 Å². The zero-order chi connectivity index (χ0) is 32.6. The van der Waals surface area contributed by atoms with Gasteiger partial charge in [0.2, 0.25) is 0 Å². The Kier molecular flexibility index (Phi) is 10.1.